The van der Waals surface area contributed by atoms with E-state index in [2.05, 4.69) is 15.5 Å². The lowest BCUT2D eigenvalue weighted by Gasteiger charge is -2.33. The van der Waals surface area contributed by atoms with Gasteiger partial charge in [0.05, 0.1) is 22.3 Å². The van der Waals surface area contributed by atoms with Crippen LogP contribution < -0.4 is 15.9 Å². The second-order valence-corrected chi connectivity index (χ2v) is 7.97. The predicted molar refractivity (Wildman–Crippen MR) is 118 cm³/mol. The van der Waals surface area contributed by atoms with Gasteiger partial charge in [0.15, 0.2) is 11.3 Å². The van der Waals surface area contributed by atoms with Crippen LogP contribution in [0.1, 0.15) is 17.4 Å². The molecule has 30 heavy (non-hydrogen) atoms. The van der Waals surface area contributed by atoms with Gasteiger partial charge in [0, 0.05) is 5.22 Å². The number of aromatic nitrogens is 2. The molecule has 1 aromatic heterocycles. The van der Waals surface area contributed by atoms with Gasteiger partial charge < -0.3 is 0 Å². The first-order valence-corrected chi connectivity index (χ1v) is 10.9. The fraction of sp³-hybridized carbons (Fsp3) is 0.143. The third-order valence-corrected chi connectivity index (χ3v) is 5.95. The third kappa shape index (κ3) is 2.91. The van der Waals surface area contributed by atoms with Crippen LogP contribution in [-0.2, 0) is 4.79 Å². The largest absolute Gasteiger partial charge is 0.298 e. The summed E-state index contributed by atoms with van der Waals surface area (Å²) in [4.78, 5) is 17.9. The highest BCUT2D eigenvalue weighted by molar-refractivity contribution is 8.13. The van der Waals surface area contributed by atoms with Crippen molar-refractivity contribution in [3.05, 3.63) is 81.6 Å². The van der Waals surface area contributed by atoms with Gasteiger partial charge in [-0.1, -0.05) is 59.8 Å². The highest BCUT2D eigenvalue weighted by atomic mass is 35.5. The molecule has 5 rings (SSSR count). The van der Waals surface area contributed by atoms with Crippen LogP contribution in [-0.4, -0.2) is 32.1 Å². The highest BCUT2D eigenvalue weighted by Gasteiger charge is 2.37. The second-order valence-electron chi connectivity index (χ2n) is 6.81. The number of nitrogens with one attached hydrogen (secondary N) is 1. The summed E-state index contributed by atoms with van der Waals surface area (Å²) in [6.07, 6.45) is 1.26. The molecule has 0 saturated heterocycles. The third-order valence-electron chi connectivity index (χ3n) is 5.02. The summed E-state index contributed by atoms with van der Waals surface area (Å²) in [5.41, 5.74) is 2.74. The molecule has 0 radical (unpaired) electrons. The van der Waals surface area contributed by atoms with Gasteiger partial charge in [0.2, 0.25) is 0 Å². The molecule has 3 heterocycles. The fourth-order valence-corrected chi connectivity index (χ4v) is 4.39. The maximum atomic E-state index is 13.0. The van der Waals surface area contributed by atoms with Crippen LogP contribution >= 0.6 is 23.4 Å². The Bertz CT molecular complexity index is 1320. The van der Waals surface area contributed by atoms with Crippen LogP contribution in [0.25, 0.3) is 11.4 Å². The Hall–Kier alpha value is -3.10. The SMILES string of the molecule is CSC1=NN2C(=c3ccccc3=N[C@H]2c2c(C)nn(-c3ccccc3)c2Cl)C(=O)N1. The number of amides is 1. The first kappa shape index (κ1) is 18.9. The smallest absolute Gasteiger partial charge is 0.276 e. The maximum absolute atomic E-state index is 13.0. The Kier molecular flexibility index (Phi) is 4.60. The molecule has 1 amide bonds. The molecular formula is C21H17ClN6OS. The van der Waals surface area contributed by atoms with E-state index in [1.54, 1.807) is 9.69 Å². The van der Waals surface area contributed by atoms with E-state index < -0.39 is 6.17 Å². The summed E-state index contributed by atoms with van der Waals surface area (Å²) >= 11 is 8.17. The van der Waals surface area contributed by atoms with Crippen molar-refractivity contribution in [2.24, 2.45) is 10.1 Å². The number of halogens is 1. The lowest BCUT2D eigenvalue weighted by atomic mass is 10.1. The molecule has 2 aliphatic heterocycles. The Balaban J connectivity index is 1.75. The highest BCUT2D eigenvalue weighted by Crippen LogP contribution is 2.37. The van der Waals surface area contributed by atoms with Gasteiger partial charge in [-0.3, -0.25) is 15.1 Å². The summed E-state index contributed by atoms with van der Waals surface area (Å²) in [6.45, 7) is 1.89. The number of hydrogen-bond donors (Lipinski definition) is 1. The monoisotopic (exact) mass is 436 g/mol. The van der Waals surface area contributed by atoms with Crippen molar-refractivity contribution in [3.8, 4) is 5.69 Å². The van der Waals surface area contributed by atoms with Gasteiger partial charge in [-0.15, -0.1) is 5.10 Å². The van der Waals surface area contributed by atoms with Crippen LogP contribution in [0.4, 0.5) is 0 Å². The quantitative estimate of drug-likeness (QED) is 0.669. The lowest BCUT2D eigenvalue weighted by molar-refractivity contribution is -0.116. The van der Waals surface area contributed by atoms with Crippen molar-refractivity contribution in [1.29, 1.82) is 0 Å². The Labute approximate surface area is 181 Å². The van der Waals surface area contributed by atoms with Crippen molar-refractivity contribution < 1.29 is 4.79 Å². The van der Waals surface area contributed by atoms with Crippen molar-refractivity contribution in [1.82, 2.24) is 20.1 Å². The number of thioether (sulfide) groups is 1. The van der Waals surface area contributed by atoms with E-state index in [0.717, 1.165) is 22.0 Å². The van der Waals surface area contributed by atoms with Crippen LogP contribution in [0.3, 0.4) is 0 Å². The second kappa shape index (κ2) is 7.30. The number of aryl methyl sites for hydroxylation is 1. The molecule has 0 spiro atoms. The number of carbonyl (C=O) groups is 1. The summed E-state index contributed by atoms with van der Waals surface area (Å²) in [6, 6.07) is 17.2. The number of hydrazone groups is 1. The number of benzene rings is 2. The molecule has 2 aliphatic rings. The number of rotatable bonds is 2. The lowest BCUT2D eigenvalue weighted by Crippen LogP contribution is -2.50. The molecule has 3 aromatic rings. The van der Waals surface area contributed by atoms with E-state index in [9.17, 15) is 4.79 Å². The molecule has 0 bridgehead atoms. The van der Waals surface area contributed by atoms with E-state index in [-0.39, 0.29) is 5.91 Å². The zero-order valence-corrected chi connectivity index (χ0v) is 17.8. The fourth-order valence-electron chi connectivity index (χ4n) is 3.65. The minimum atomic E-state index is -0.604. The molecule has 7 nitrogen and oxygen atoms in total. The van der Waals surface area contributed by atoms with Crippen molar-refractivity contribution in [3.63, 3.8) is 0 Å². The zero-order chi connectivity index (χ0) is 20.8. The Morgan fingerprint density at radius 1 is 1.10 bits per heavy atom. The van der Waals surface area contributed by atoms with Gasteiger partial charge in [0.25, 0.3) is 5.91 Å². The Morgan fingerprint density at radius 3 is 2.60 bits per heavy atom. The first-order chi connectivity index (χ1) is 14.6. The van der Waals surface area contributed by atoms with Crippen LogP contribution in [0.5, 0.6) is 0 Å². The van der Waals surface area contributed by atoms with Gasteiger partial charge in [-0.2, -0.15) is 5.10 Å². The molecule has 9 heteroatoms. The van der Waals surface area contributed by atoms with Crippen molar-refractivity contribution in [2.75, 3.05) is 6.26 Å². The molecular weight excluding hydrogens is 420 g/mol. The maximum Gasteiger partial charge on any atom is 0.276 e. The standard InChI is InChI=1S/C21H17ClN6OS/c1-12-16(18(22)27(25-12)13-8-4-3-5-9-13)19-23-15-11-7-6-10-14(15)17-20(29)24-21(30-2)26-28(17)19/h3-11,19H,1-2H3,(H,24,26,29)/t19-/m1/s1. The molecule has 0 unspecified atom stereocenters. The van der Waals surface area contributed by atoms with E-state index in [1.807, 2.05) is 67.8 Å². The van der Waals surface area contributed by atoms with Crippen molar-refractivity contribution >= 4 is 40.1 Å². The van der Waals surface area contributed by atoms with E-state index in [1.165, 1.54) is 11.8 Å². The molecule has 0 saturated carbocycles. The number of carbonyl (C=O) groups excluding carboxylic acids is 1. The normalized spacial score (nSPS) is 17.6. The zero-order valence-electron chi connectivity index (χ0n) is 16.2. The van der Waals surface area contributed by atoms with Gasteiger partial charge in [0.1, 0.15) is 10.9 Å². The molecule has 150 valence electrons. The van der Waals surface area contributed by atoms with Gasteiger partial charge in [-0.25, -0.2) is 9.69 Å². The van der Waals surface area contributed by atoms with Crippen LogP contribution in [0.2, 0.25) is 5.15 Å². The summed E-state index contributed by atoms with van der Waals surface area (Å²) in [5, 5.41) is 16.2. The van der Waals surface area contributed by atoms with Gasteiger partial charge >= 0.3 is 0 Å². The summed E-state index contributed by atoms with van der Waals surface area (Å²) in [7, 11) is 0. The number of nitrogens with zero attached hydrogens (tertiary/aromatic N) is 5. The molecule has 0 fully saturated rings. The average Bonchev–Trinajstić information content (AvgIpc) is 3.07. The minimum absolute atomic E-state index is 0.217. The van der Waals surface area contributed by atoms with Crippen LogP contribution in [0.15, 0.2) is 64.7 Å². The number of fused-ring (bicyclic) bond motifs is 2. The van der Waals surface area contributed by atoms with E-state index >= 15 is 0 Å². The molecule has 1 N–H and O–H groups in total. The predicted octanol–water partition coefficient (Wildman–Crippen LogP) is 2.34. The number of hydrogen-bond acceptors (Lipinski definition) is 6. The first-order valence-electron chi connectivity index (χ1n) is 9.29. The average molecular weight is 437 g/mol. The van der Waals surface area contributed by atoms with Crippen molar-refractivity contribution in [2.45, 2.75) is 13.1 Å². The number of amidine groups is 1. The number of para-hydroxylation sites is 2. The van der Waals surface area contributed by atoms with E-state index in [0.29, 0.717) is 21.6 Å². The summed E-state index contributed by atoms with van der Waals surface area (Å²) < 4.78 is 1.69. The minimum Gasteiger partial charge on any atom is -0.298 e. The Morgan fingerprint density at radius 2 is 1.83 bits per heavy atom. The van der Waals surface area contributed by atoms with Crippen LogP contribution in [0, 0.1) is 6.92 Å². The molecule has 1 atom stereocenters. The molecule has 0 aliphatic carbocycles. The summed E-state index contributed by atoms with van der Waals surface area (Å²) in [5.74, 6) is -0.217. The molecule has 2 aromatic carbocycles. The van der Waals surface area contributed by atoms with E-state index in [4.69, 9.17) is 16.6 Å². The topological polar surface area (TPSA) is 74.9 Å². The van der Waals surface area contributed by atoms with Gasteiger partial charge in [-0.05, 0) is 31.4 Å².